The van der Waals surface area contributed by atoms with Crippen molar-refractivity contribution in [1.29, 1.82) is 0 Å². The van der Waals surface area contributed by atoms with Gasteiger partial charge in [-0.2, -0.15) is 4.98 Å². The molecule has 7 heteroatoms. The van der Waals surface area contributed by atoms with E-state index in [0.29, 0.717) is 22.1 Å². The average molecular weight is 326 g/mol. The van der Waals surface area contributed by atoms with E-state index in [1.54, 1.807) is 16.0 Å². The molecule has 0 spiro atoms. The van der Waals surface area contributed by atoms with Crippen LogP contribution >= 0.6 is 11.5 Å². The Morgan fingerprint density at radius 3 is 2.52 bits per heavy atom. The molecule has 0 N–H and O–H groups in total. The number of aryl methyl sites for hydroxylation is 1. The second-order valence-corrected chi connectivity index (χ2v) is 5.90. The van der Waals surface area contributed by atoms with Crippen molar-refractivity contribution >= 4 is 23.1 Å². The molecule has 4 aromatic rings. The van der Waals surface area contributed by atoms with Gasteiger partial charge in [0, 0.05) is 17.1 Å². The molecule has 4 rings (SSSR count). The van der Waals surface area contributed by atoms with E-state index in [0.717, 1.165) is 5.69 Å². The van der Waals surface area contributed by atoms with Gasteiger partial charge < -0.3 is 4.42 Å². The Labute approximate surface area is 134 Å². The van der Waals surface area contributed by atoms with Crippen molar-refractivity contribution in [3.05, 3.63) is 64.7 Å². The van der Waals surface area contributed by atoms with Crippen LogP contribution in [0.1, 0.15) is 5.56 Å². The zero-order chi connectivity index (χ0) is 15.8. The summed E-state index contributed by atoms with van der Waals surface area (Å²) in [5.41, 5.74) is 2.70. The topological polar surface area (TPSA) is 55.7 Å². The number of hydrogen-bond acceptors (Lipinski definition) is 5. The first-order valence-electron chi connectivity index (χ1n) is 6.92. The molecule has 0 fully saturated rings. The van der Waals surface area contributed by atoms with Gasteiger partial charge in [-0.1, -0.05) is 17.7 Å². The Morgan fingerprint density at radius 1 is 1.09 bits per heavy atom. The highest BCUT2D eigenvalue weighted by atomic mass is 32.1. The smallest absolute Gasteiger partial charge is 0.337 e. The lowest BCUT2D eigenvalue weighted by atomic mass is 10.2. The van der Waals surface area contributed by atoms with Gasteiger partial charge >= 0.3 is 5.84 Å². The Morgan fingerprint density at radius 2 is 1.83 bits per heavy atom. The van der Waals surface area contributed by atoms with E-state index >= 15 is 0 Å². The van der Waals surface area contributed by atoms with Gasteiger partial charge in [0.05, 0.1) is 5.69 Å². The van der Waals surface area contributed by atoms with Crippen molar-refractivity contribution < 1.29 is 8.81 Å². The minimum atomic E-state index is -0.299. The van der Waals surface area contributed by atoms with E-state index in [-0.39, 0.29) is 5.82 Å². The van der Waals surface area contributed by atoms with Crippen molar-refractivity contribution in [1.82, 2.24) is 14.0 Å². The van der Waals surface area contributed by atoms with Gasteiger partial charge in [0.15, 0.2) is 0 Å². The molecule has 114 valence electrons. The first kappa shape index (κ1) is 13.8. The molecule has 0 aliphatic carbocycles. The summed E-state index contributed by atoms with van der Waals surface area (Å²) in [4.78, 5) is 9.31. The van der Waals surface area contributed by atoms with E-state index in [1.807, 2.05) is 31.2 Å². The van der Waals surface area contributed by atoms with Crippen molar-refractivity contribution in [2.24, 2.45) is 4.99 Å². The van der Waals surface area contributed by atoms with E-state index in [9.17, 15) is 4.39 Å². The molecule has 0 aliphatic rings. The second-order valence-electron chi connectivity index (χ2n) is 5.00. The highest BCUT2D eigenvalue weighted by Gasteiger charge is 2.10. The third-order valence-corrected chi connectivity index (χ3v) is 4.00. The van der Waals surface area contributed by atoms with Crippen molar-refractivity contribution in [3.8, 4) is 11.5 Å². The van der Waals surface area contributed by atoms with Gasteiger partial charge in [0.25, 0.3) is 0 Å². The predicted molar refractivity (Wildman–Crippen MR) is 84.9 cm³/mol. The van der Waals surface area contributed by atoms with E-state index in [1.165, 1.54) is 29.2 Å². The minimum absolute atomic E-state index is 0.299. The molecule has 0 aliphatic heterocycles. The van der Waals surface area contributed by atoms with Crippen LogP contribution in [0.5, 0.6) is 0 Å². The Kier molecular flexibility index (Phi) is 3.27. The maximum Gasteiger partial charge on any atom is 0.337 e. The highest BCUT2D eigenvalue weighted by Crippen LogP contribution is 2.20. The lowest BCUT2D eigenvalue weighted by Crippen LogP contribution is -1.95. The molecule has 0 atom stereocenters. The van der Waals surface area contributed by atoms with Gasteiger partial charge in [0.1, 0.15) is 5.82 Å². The number of rotatable bonds is 2. The standard InChI is InChI=1S/C16H11FN4OS/c1-10-2-8-13(9-3-10)18-15-19-16-21(23-15)20-14(22-16)11-4-6-12(17)7-5-11/h2-9H,1H3. The zero-order valence-corrected chi connectivity index (χ0v) is 12.9. The summed E-state index contributed by atoms with van der Waals surface area (Å²) in [6, 6.07) is 13.8. The van der Waals surface area contributed by atoms with E-state index in [2.05, 4.69) is 15.1 Å². The van der Waals surface area contributed by atoms with Crippen molar-refractivity contribution in [2.45, 2.75) is 6.92 Å². The molecule has 0 saturated heterocycles. The molecule has 2 heterocycles. The van der Waals surface area contributed by atoms with Crippen molar-refractivity contribution in [3.63, 3.8) is 0 Å². The normalized spacial score (nSPS) is 12.2. The van der Waals surface area contributed by atoms with Crippen LogP contribution in [0.25, 0.3) is 17.3 Å². The largest absolute Gasteiger partial charge is 0.402 e. The van der Waals surface area contributed by atoms with Crippen molar-refractivity contribution in [2.75, 3.05) is 0 Å². The lowest BCUT2D eigenvalue weighted by molar-refractivity contribution is 0.603. The van der Waals surface area contributed by atoms with Crippen LogP contribution in [0, 0.1) is 12.7 Å². The maximum absolute atomic E-state index is 13.0. The van der Waals surface area contributed by atoms with Crippen LogP contribution in [-0.2, 0) is 0 Å². The summed E-state index contributed by atoms with van der Waals surface area (Å²) in [7, 11) is 0. The number of fused-ring (bicyclic) bond motifs is 1. The predicted octanol–water partition coefficient (Wildman–Crippen LogP) is 3.73. The summed E-state index contributed by atoms with van der Waals surface area (Å²) in [6.45, 7) is 2.02. The Balaban J connectivity index is 1.71. The monoisotopic (exact) mass is 326 g/mol. The highest BCUT2D eigenvalue weighted by molar-refractivity contribution is 7.03. The fourth-order valence-corrected chi connectivity index (χ4v) is 2.75. The lowest BCUT2D eigenvalue weighted by Gasteiger charge is -1.93. The molecule has 0 radical (unpaired) electrons. The number of aromatic nitrogens is 3. The fourth-order valence-electron chi connectivity index (χ4n) is 2.06. The molecule has 0 saturated carbocycles. The minimum Gasteiger partial charge on any atom is -0.402 e. The first-order valence-corrected chi connectivity index (χ1v) is 7.69. The number of halogens is 1. The quantitative estimate of drug-likeness (QED) is 0.564. The maximum atomic E-state index is 13.0. The van der Waals surface area contributed by atoms with Gasteiger partial charge in [-0.15, -0.1) is 9.00 Å². The Bertz CT molecular complexity index is 994. The molecule has 0 unspecified atom stereocenters. The average Bonchev–Trinajstić information content (AvgIpc) is 3.09. The fraction of sp³-hybridized carbons (Fsp3) is 0.0625. The van der Waals surface area contributed by atoms with Crippen LogP contribution in [0.2, 0.25) is 0 Å². The van der Waals surface area contributed by atoms with Crippen LogP contribution in [0.3, 0.4) is 0 Å². The van der Waals surface area contributed by atoms with Crippen LogP contribution in [0.4, 0.5) is 10.1 Å². The molecule has 23 heavy (non-hydrogen) atoms. The Hall–Kier alpha value is -2.80. The number of nitrogens with zero attached hydrogens (tertiary/aromatic N) is 4. The summed E-state index contributed by atoms with van der Waals surface area (Å²) in [5, 5.41) is 4.31. The van der Waals surface area contributed by atoms with Crippen LogP contribution < -0.4 is 4.80 Å². The summed E-state index contributed by atoms with van der Waals surface area (Å²) >= 11 is 1.27. The molecule has 0 bridgehead atoms. The first-order chi connectivity index (χ1) is 11.2. The number of hydrogen-bond donors (Lipinski definition) is 0. The molecule has 2 aromatic carbocycles. The summed E-state index contributed by atoms with van der Waals surface area (Å²) in [6.07, 6.45) is 0. The summed E-state index contributed by atoms with van der Waals surface area (Å²) in [5.74, 6) is 0.456. The molecular weight excluding hydrogens is 315 g/mol. The summed E-state index contributed by atoms with van der Waals surface area (Å²) < 4.78 is 20.1. The van der Waals surface area contributed by atoms with Crippen LogP contribution in [0.15, 0.2) is 57.9 Å². The van der Waals surface area contributed by atoms with Crippen LogP contribution in [-0.4, -0.2) is 14.0 Å². The van der Waals surface area contributed by atoms with E-state index in [4.69, 9.17) is 4.42 Å². The zero-order valence-electron chi connectivity index (χ0n) is 12.1. The van der Waals surface area contributed by atoms with Gasteiger partial charge in [-0.05, 0) is 43.3 Å². The molecule has 5 nitrogen and oxygen atoms in total. The second kappa shape index (κ2) is 5.44. The third kappa shape index (κ3) is 2.78. The van der Waals surface area contributed by atoms with Gasteiger partial charge in [-0.3, -0.25) is 0 Å². The van der Waals surface area contributed by atoms with Gasteiger partial charge in [-0.25, -0.2) is 9.38 Å². The number of benzene rings is 2. The third-order valence-electron chi connectivity index (χ3n) is 3.24. The van der Waals surface area contributed by atoms with Gasteiger partial charge in [0.2, 0.25) is 10.7 Å². The van der Waals surface area contributed by atoms with E-state index < -0.39 is 0 Å². The molecule has 2 aromatic heterocycles. The molecule has 0 amide bonds. The SMILES string of the molecule is Cc1ccc(N=c2nc3oc(-c4ccc(F)cc4)nn3s2)cc1. The molecular formula is C16H11FN4OS.